The molecule has 0 saturated heterocycles. The van der Waals surface area contributed by atoms with Gasteiger partial charge in [-0.05, 0) is 62.4 Å². The van der Waals surface area contributed by atoms with Gasteiger partial charge in [0.05, 0.1) is 33.3 Å². The molecule has 0 spiro atoms. The second-order valence-corrected chi connectivity index (χ2v) is 12.5. The van der Waals surface area contributed by atoms with Crippen LogP contribution >= 0.6 is 23.2 Å². The predicted octanol–water partition coefficient (Wildman–Crippen LogP) is 4.52. The Morgan fingerprint density at radius 2 is 1.62 bits per heavy atom. The van der Waals surface area contributed by atoms with Crippen LogP contribution in [0.2, 0.25) is 10.0 Å². The summed E-state index contributed by atoms with van der Waals surface area (Å²) < 4.78 is 60.8. The van der Waals surface area contributed by atoms with E-state index >= 15 is 0 Å². The van der Waals surface area contributed by atoms with E-state index in [0.29, 0.717) is 0 Å². The van der Waals surface area contributed by atoms with E-state index in [1.54, 1.807) is 32.0 Å². The van der Waals surface area contributed by atoms with Crippen molar-refractivity contribution in [1.82, 2.24) is 4.72 Å². The molecule has 198 valence electrons. The monoisotopic (exact) mass is 585 g/mol. The number of benzene rings is 3. The molecule has 0 aromatic heterocycles. The highest BCUT2D eigenvalue weighted by atomic mass is 35.5. The van der Waals surface area contributed by atoms with E-state index in [1.807, 2.05) is 0 Å². The van der Waals surface area contributed by atoms with Crippen molar-refractivity contribution >= 4 is 60.5 Å². The molecule has 0 heterocycles. The molecule has 0 unspecified atom stereocenters. The van der Waals surface area contributed by atoms with Crippen molar-refractivity contribution in [3.63, 3.8) is 0 Å². The summed E-state index contributed by atoms with van der Waals surface area (Å²) in [7, 11) is -6.75. The predicted molar refractivity (Wildman–Crippen MR) is 145 cm³/mol. The van der Waals surface area contributed by atoms with Gasteiger partial charge in [0.15, 0.2) is 0 Å². The van der Waals surface area contributed by atoms with Gasteiger partial charge in [-0.2, -0.15) is 0 Å². The number of ether oxygens (including phenoxy) is 1. The van der Waals surface area contributed by atoms with Crippen LogP contribution in [0.25, 0.3) is 0 Å². The van der Waals surface area contributed by atoms with Crippen molar-refractivity contribution in [3.05, 3.63) is 76.8 Å². The lowest BCUT2D eigenvalue weighted by molar-refractivity contribution is -0.114. The highest BCUT2D eigenvalue weighted by molar-refractivity contribution is 7.93. The second kappa shape index (κ2) is 11.7. The van der Waals surface area contributed by atoms with Crippen molar-refractivity contribution in [2.24, 2.45) is 0 Å². The Hall–Kier alpha value is -2.83. The number of amides is 1. The lowest BCUT2D eigenvalue weighted by Gasteiger charge is -2.25. The van der Waals surface area contributed by atoms with E-state index < -0.39 is 32.5 Å². The molecular weight excluding hydrogens is 561 g/mol. The molecule has 37 heavy (non-hydrogen) atoms. The van der Waals surface area contributed by atoms with Gasteiger partial charge in [-0.15, -0.1) is 0 Å². The Morgan fingerprint density at radius 3 is 2.22 bits per heavy atom. The van der Waals surface area contributed by atoms with Crippen LogP contribution in [0, 0.1) is 0 Å². The van der Waals surface area contributed by atoms with E-state index in [1.165, 1.54) is 55.6 Å². The number of nitrogens with zero attached hydrogens (tertiary/aromatic N) is 1. The molecular formula is C24H25Cl2N3O6S2. The first-order chi connectivity index (χ1) is 17.3. The molecule has 3 aromatic carbocycles. The first-order valence-corrected chi connectivity index (χ1v) is 14.6. The van der Waals surface area contributed by atoms with Gasteiger partial charge in [-0.3, -0.25) is 9.10 Å². The van der Waals surface area contributed by atoms with Crippen LogP contribution < -0.4 is 19.1 Å². The maximum Gasteiger partial charge on any atom is 0.264 e. The molecule has 3 rings (SSSR count). The van der Waals surface area contributed by atoms with Gasteiger partial charge >= 0.3 is 0 Å². The van der Waals surface area contributed by atoms with Crippen molar-refractivity contribution in [1.29, 1.82) is 0 Å². The Balaban J connectivity index is 2.00. The second-order valence-electron chi connectivity index (χ2n) is 8.11. The van der Waals surface area contributed by atoms with Crippen molar-refractivity contribution < 1.29 is 26.4 Å². The molecule has 0 radical (unpaired) electrons. The number of sulfonamides is 2. The Bertz CT molecular complexity index is 1500. The Kier molecular flexibility index (Phi) is 9.09. The summed E-state index contributed by atoms with van der Waals surface area (Å²) in [6, 6.07) is 15.3. The largest absolute Gasteiger partial charge is 0.495 e. The number of hydrogen-bond acceptors (Lipinski definition) is 6. The summed E-state index contributed by atoms with van der Waals surface area (Å²) >= 11 is 12.3. The molecule has 0 bridgehead atoms. The van der Waals surface area contributed by atoms with Crippen LogP contribution in [0.5, 0.6) is 5.75 Å². The topological polar surface area (TPSA) is 122 Å². The third-order valence-electron chi connectivity index (χ3n) is 4.94. The summed E-state index contributed by atoms with van der Waals surface area (Å²) in [5.74, 6) is -0.589. The van der Waals surface area contributed by atoms with Gasteiger partial charge in [0.1, 0.15) is 12.3 Å². The van der Waals surface area contributed by atoms with E-state index in [2.05, 4.69) is 10.0 Å². The highest BCUT2D eigenvalue weighted by Gasteiger charge is 2.29. The van der Waals surface area contributed by atoms with Crippen molar-refractivity contribution in [3.8, 4) is 5.75 Å². The first-order valence-electron chi connectivity index (χ1n) is 10.9. The third kappa shape index (κ3) is 6.93. The third-order valence-corrected chi connectivity index (χ3v) is 8.91. The zero-order valence-corrected chi connectivity index (χ0v) is 23.2. The van der Waals surface area contributed by atoms with Gasteiger partial charge in [-0.1, -0.05) is 41.4 Å². The van der Waals surface area contributed by atoms with Crippen LogP contribution in [0.1, 0.15) is 13.8 Å². The van der Waals surface area contributed by atoms with Gasteiger partial charge in [0.2, 0.25) is 15.9 Å². The molecule has 0 atom stereocenters. The summed E-state index contributed by atoms with van der Waals surface area (Å²) in [4.78, 5) is 13.0. The van der Waals surface area contributed by atoms with E-state index in [9.17, 15) is 21.6 Å². The number of carbonyl (C=O) groups is 1. The smallest absolute Gasteiger partial charge is 0.264 e. The summed E-state index contributed by atoms with van der Waals surface area (Å²) in [6.45, 7) is 2.67. The van der Waals surface area contributed by atoms with Gasteiger partial charge in [0, 0.05) is 11.1 Å². The highest BCUT2D eigenvalue weighted by Crippen LogP contribution is 2.33. The van der Waals surface area contributed by atoms with Gasteiger partial charge in [0.25, 0.3) is 10.0 Å². The Labute approximate surface area is 226 Å². The molecule has 0 aliphatic heterocycles. The van der Waals surface area contributed by atoms with Crippen LogP contribution in [-0.4, -0.2) is 42.4 Å². The number of nitrogens with one attached hydrogen (secondary N) is 2. The number of anilines is 2. The quantitative estimate of drug-likeness (QED) is 0.360. The Morgan fingerprint density at radius 1 is 0.946 bits per heavy atom. The zero-order chi connectivity index (χ0) is 27.4. The molecule has 1 amide bonds. The minimum Gasteiger partial charge on any atom is -0.495 e. The molecule has 2 N–H and O–H groups in total. The molecule has 3 aromatic rings. The number of hydrogen-bond donors (Lipinski definition) is 2. The lowest BCUT2D eigenvalue weighted by atomic mass is 10.3. The fourth-order valence-electron chi connectivity index (χ4n) is 3.35. The zero-order valence-electron chi connectivity index (χ0n) is 20.1. The van der Waals surface area contributed by atoms with Crippen LogP contribution in [0.15, 0.2) is 76.5 Å². The van der Waals surface area contributed by atoms with Crippen LogP contribution in [0.3, 0.4) is 0 Å². The van der Waals surface area contributed by atoms with Gasteiger partial charge in [-0.25, -0.2) is 21.6 Å². The maximum absolute atomic E-state index is 13.5. The number of halogens is 2. The number of methoxy groups -OCH3 is 1. The summed E-state index contributed by atoms with van der Waals surface area (Å²) in [5.41, 5.74) is 0.0767. The lowest BCUT2D eigenvalue weighted by Crippen LogP contribution is -2.38. The molecule has 9 nitrogen and oxygen atoms in total. The standard InChI is InChI=1S/C24H25Cl2N3O6S2/c1-16(2)28-36(31,32)19-10-12-23(35-3)21(14-19)27-24(30)15-29(22-11-9-17(25)13-20(22)26)37(33,34)18-7-5-4-6-8-18/h4-14,16,28H,15H2,1-3H3,(H,27,30). The van der Waals surface area contributed by atoms with Crippen LogP contribution in [-0.2, 0) is 24.8 Å². The molecule has 0 fully saturated rings. The van der Waals surface area contributed by atoms with E-state index in [0.717, 1.165) is 4.31 Å². The molecule has 13 heteroatoms. The number of carbonyl (C=O) groups excluding carboxylic acids is 1. The fraction of sp³-hybridized carbons (Fsp3) is 0.208. The molecule has 0 saturated carbocycles. The van der Waals surface area contributed by atoms with E-state index in [4.69, 9.17) is 27.9 Å². The molecule has 0 aliphatic carbocycles. The summed E-state index contributed by atoms with van der Waals surface area (Å²) in [5, 5.41) is 2.85. The van der Waals surface area contributed by atoms with E-state index in [-0.39, 0.29) is 43.0 Å². The van der Waals surface area contributed by atoms with Crippen LogP contribution in [0.4, 0.5) is 11.4 Å². The molecule has 0 aliphatic rings. The number of rotatable bonds is 10. The normalized spacial score (nSPS) is 11.8. The van der Waals surface area contributed by atoms with Crippen molar-refractivity contribution in [2.45, 2.75) is 29.7 Å². The first kappa shape index (κ1) is 28.7. The maximum atomic E-state index is 13.5. The minimum atomic E-state index is -4.23. The SMILES string of the molecule is COc1ccc(S(=O)(=O)NC(C)C)cc1NC(=O)CN(c1ccc(Cl)cc1Cl)S(=O)(=O)c1ccccc1. The van der Waals surface area contributed by atoms with Gasteiger partial charge < -0.3 is 10.1 Å². The van der Waals surface area contributed by atoms with Crippen molar-refractivity contribution in [2.75, 3.05) is 23.3 Å². The fourth-order valence-corrected chi connectivity index (χ4v) is 6.65. The minimum absolute atomic E-state index is 0.0187. The average molecular weight is 587 g/mol. The average Bonchev–Trinajstić information content (AvgIpc) is 2.82. The summed E-state index contributed by atoms with van der Waals surface area (Å²) in [6.07, 6.45) is 0.